The summed E-state index contributed by atoms with van der Waals surface area (Å²) in [7, 11) is -13.4. The molecule has 0 aliphatic carbocycles. The average molecular weight is 368 g/mol. The fourth-order valence-electron chi connectivity index (χ4n) is 0.862. The van der Waals surface area contributed by atoms with Gasteiger partial charge in [0.2, 0.25) is 0 Å². The van der Waals surface area contributed by atoms with E-state index in [-0.39, 0.29) is 12.5 Å². The van der Waals surface area contributed by atoms with Gasteiger partial charge in [-0.1, -0.05) is 0 Å². The Morgan fingerprint density at radius 3 is 0.810 bits per heavy atom. The van der Waals surface area contributed by atoms with E-state index >= 15 is 0 Å². The summed E-state index contributed by atoms with van der Waals surface area (Å²) in [5.41, 5.74) is 0. The Labute approximate surface area is 104 Å². The van der Waals surface area contributed by atoms with Crippen LogP contribution in [0.3, 0.4) is 0 Å². The Bertz CT molecular complexity index is 1200. The van der Waals surface area contributed by atoms with Crippen LogP contribution in [0.25, 0.3) is 0 Å². The number of nitrogens with zero attached hydrogens (tertiary/aromatic N) is 8. The first-order valence-electron chi connectivity index (χ1n) is 4.09. The van der Waals surface area contributed by atoms with Crippen molar-refractivity contribution >= 4 is 0 Å². The van der Waals surface area contributed by atoms with Crippen LogP contribution in [0.1, 0.15) is 0 Å². The van der Waals surface area contributed by atoms with Crippen molar-refractivity contribution in [2.75, 3.05) is 0 Å². The van der Waals surface area contributed by atoms with Gasteiger partial charge < -0.3 is 0 Å². The molecule has 0 aliphatic heterocycles. The minimum atomic E-state index is -13.4. The van der Waals surface area contributed by atoms with E-state index in [4.69, 9.17) is 42.1 Å². The first-order chi connectivity index (χ1) is 9.08. The summed E-state index contributed by atoms with van der Waals surface area (Å²) < 4.78 is 31.0. The summed E-state index contributed by atoms with van der Waals surface area (Å²) in [6.07, 6.45) is 0.138. The Balaban J connectivity index is 10.3. The zero-order chi connectivity index (χ0) is 17.4. The first-order valence-corrected chi connectivity index (χ1v) is 13.4. The molecule has 13 heteroatoms. The molecule has 12 nitrogen and oxygen atoms in total. The minimum absolute atomic E-state index is 0.0688. The Kier molecular flexibility index (Phi) is 1.07. The Morgan fingerprint density at radius 1 is 0.524 bits per heavy atom. The monoisotopic (exact) mass is 370 g/mol. The van der Waals surface area contributed by atoms with Crippen molar-refractivity contribution in [1.29, 1.82) is 42.1 Å². The van der Waals surface area contributed by atoms with Crippen LogP contribution < -0.4 is 0 Å². The molecule has 0 heterocycles. The van der Waals surface area contributed by atoms with Crippen LogP contribution >= 0.6 is 0 Å². The Hall–Kier alpha value is -4.19. The normalized spacial score (nSPS) is 21.9. The van der Waals surface area contributed by atoms with Gasteiger partial charge in [-0.2, -0.15) is 0 Å². The van der Waals surface area contributed by atoms with E-state index in [0.717, 1.165) is 0 Å². The molecule has 0 fully saturated rings. The second-order valence-corrected chi connectivity index (χ2v) is 27.7. The van der Waals surface area contributed by atoms with Crippen LogP contribution in [-0.2, 0) is 22.8 Å². The molecule has 102 valence electrons. The average Bonchev–Trinajstić information content (AvgIpc) is 2.53. The summed E-state index contributed by atoms with van der Waals surface area (Å²) in [4.78, 5) is 0. The van der Waals surface area contributed by atoms with Gasteiger partial charge in [-0.25, -0.2) is 0 Å². The van der Waals surface area contributed by atoms with E-state index in [0.29, 0.717) is 0 Å². The van der Waals surface area contributed by atoms with Gasteiger partial charge in [-0.05, 0) is 0 Å². The maximum atomic E-state index is 13.5. The third-order valence-corrected chi connectivity index (χ3v) is 18.0. The van der Waals surface area contributed by atoms with Gasteiger partial charge in [0.1, 0.15) is 0 Å². The summed E-state index contributed by atoms with van der Waals surface area (Å²) in [6, 6.07) is 0. The molecule has 0 amide bonds. The van der Waals surface area contributed by atoms with Gasteiger partial charge in [0.25, 0.3) is 0 Å². The van der Waals surface area contributed by atoms with Crippen molar-refractivity contribution < 1.29 is 22.8 Å². The van der Waals surface area contributed by atoms with E-state index in [2.05, 4.69) is 6.78 Å². The molecule has 0 rings (SSSR count). The van der Waals surface area contributed by atoms with Gasteiger partial charge in [0.15, 0.2) is 0 Å². The maximum absolute atomic E-state index is 13.5. The van der Waals surface area contributed by atoms with Crippen LogP contribution in [0, 0.1) is 81.4 Å². The number of rotatable bonds is 2. The Morgan fingerprint density at radius 2 is 0.714 bits per heavy atom. The van der Waals surface area contributed by atoms with Crippen molar-refractivity contribution in [3.8, 4) is 39.3 Å². The second kappa shape index (κ2) is 1.34. The number of nitriles is 8. The standard InChI is InChI=1S/2CHNO.6CN.Mo.2O/c2*2-1-3;6*1-2;;;/h2*3H;;;;;;;;;/q;;;;;;;;+2;;/p-2. The van der Waals surface area contributed by atoms with Crippen molar-refractivity contribution in [2.24, 2.45) is 0 Å². The molecule has 0 aliphatic rings. The van der Waals surface area contributed by atoms with Gasteiger partial charge in [0, 0.05) is 0 Å². The van der Waals surface area contributed by atoms with Gasteiger partial charge in [-0.3, -0.25) is 0 Å². The second-order valence-electron chi connectivity index (χ2n) is 4.84. The third kappa shape index (κ3) is 0.619. The fraction of sp³-hybridized carbons (Fsp3) is 0. The molecule has 0 unspecified atom stereocenters. The SMILES string of the molecule is N#C[O][Mo](=[O])(=[O])([C]#N)([C]#N)([C]#N)([C]#N)([C]#N)([C]#N)[O]C#N. The van der Waals surface area contributed by atoms with Crippen molar-refractivity contribution in [2.45, 2.75) is 0 Å². The predicted molar refractivity (Wildman–Crippen MR) is 48.4 cm³/mol. The molecule has 0 N–H and O–H groups in total. The predicted octanol–water partition coefficient (Wildman–Crippen LogP) is -0.243. The van der Waals surface area contributed by atoms with Gasteiger partial charge >= 0.3 is 104 Å². The van der Waals surface area contributed by atoms with Crippen LogP contribution in [0.2, 0.25) is 0 Å². The van der Waals surface area contributed by atoms with E-state index in [1.807, 2.05) is 0 Å². The van der Waals surface area contributed by atoms with E-state index in [9.17, 15) is 6.80 Å². The molecular weight excluding hydrogens is 368 g/mol. The van der Waals surface area contributed by atoms with Crippen LogP contribution in [-0.4, -0.2) is 0 Å². The van der Waals surface area contributed by atoms with E-state index < -0.39 is 36.0 Å². The van der Waals surface area contributed by atoms with Gasteiger partial charge in [0.05, 0.1) is 0 Å². The van der Waals surface area contributed by atoms with Crippen LogP contribution in [0.5, 0.6) is 0 Å². The summed E-state index contributed by atoms with van der Waals surface area (Å²) in [5, 5.41) is 71.4. The molecule has 0 radical (unpaired) electrons. The zero-order valence-electron chi connectivity index (χ0n) is 9.62. The summed E-state index contributed by atoms with van der Waals surface area (Å²) in [6.45, 7) is 0. The number of hydrogen-bond donors (Lipinski definition) is 0. The summed E-state index contributed by atoms with van der Waals surface area (Å²) >= 11 is 0. The van der Waals surface area contributed by atoms with Crippen LogP contribution in [0.15, 0.2) is 0 Å². The first kappa shape index (κ1) is 16.8. The fourth-order valence-corrected chi connectivity index (χ4v) is 5.10. The van der Waals surface area contributed by atoms with E-state index in [1.165, 1.54) is 0 Å². The quantitative estimate of drug-likeness (QED) is 0.452. The van der Waals surface area contributed by atoms with Crippen molar-refractivity contribution in [3.63, 3.8) is 0 Å². The van der Waals surface area contributed by atoms with Crippen molar-refractivity contribution in [3.05, 3.63) is 0 Å². The molecule has 0 aromatic rings. The van der Waals surface area contributed by atoms with Gasteiger partial charge in [-0.15, -0.1) is 0 Å². The molecular formula is C8MoN8O4. The molecule has 0 saturated heterocycles. The number of hydrogen-bond acceptors (Lipinski definition) is 12. The zero-order valence-corrected chi connectivity index (χ0v) is 11.6. The third-order valence-electron chi connectivity index (χ3n) is 3.04. The summed E-state index contributed by atoms with van der Waals surface area (Å²) in [5.74, 6) is 0. The molecule has 0 bridgehead atoms. The van der Waals surface area contributed by atoms with E-state index in [1.54, 1.807) is 0 Å². The molecule has 0 aromatic carbocycles. The molecule has 0 aromatic heterocycles. The molecule has 21 heavy (non-hydrogen) atoms. The molecule has 0 atom stereocenters. The molecule has 0 saturated carbocycles. The van der Waals surface area contributed by atoms with Crippen molar-refractivity contribution in [1.82, 2.24) is 0 Å². The topological polar surface area (TPSA) is 243 Å². The van der Waals surface area contributed by atoms with Crippen LogP contribution in [0.4, 0.5) is 0 Å². The molecule has 0 spiro atoms.